The first-order valence-electron chi connectivity index (χ1n) is 9.13. The van der Waals surface area contributed by atoms with Crippen LogP contribution in [0.4, 0.5) is 9.59 Å². The molecule has 9 nitrogen and oxygen atoms in total. The highest BCUT2D eigenvalue weighted by atomic mass is 16.7. The molecular formula is C18H34O9. The summed E-state index contributed by atoms with van der Waals surface area (Å²) in [4.78, 5) is 22.7. The first kappa shape index (κ1) is 25.4. The summed E-state index contributed by atoms with van der Waals surface area (Å²) in [6, 6.07) is 0. The van der Waals surface area contributed by atoms with Gasteiger partial charge in [-0.25, -0.2) is 9.59 Å². The molecule has 27 heavy (non-hydrogen) atoms. The summed E-state index contributed by atoms with van der Waals surface area (Å²) in [6.45, 7) is 7.90. The molecule has 2 N–H and O–H groups in total. The number of aliphatic hydroxyl groups excluding tert-OH is 2. The van der Waals surface area contributed by atoms with E-state index >= 15 is 0 Å². The van der Waals surface area contributed by atoms with Crippen molar-refractivity contribution in [1.82, 2.24) is 0 Å². The minimum atomic E-state index is -0.772. The quantitative estimate of drug-likeness (QED) is 0.338. The van der Waals surface area contributed by atoms with Crippen LogP contribution in [0.3, 0.4) is 0 Å². The second-order valence-corrected chi connectivity index (χ2v) is 7.17. The first-order valence-corrected chi connectivity index (χ1v) is 9.13. The van der Waals surface area contributed by atoms with Crippen LogP contribution in [0.5, 0.6) is 0 Å². The van der Waals surface area contributed by atoms with Gasteiger partial charge < -0.3 is 33.9 Å². The number of hydrogen-bond donors (Lipinski definition) is 2. The molecule has 0 saturated heterocycles. The van der Waals surface area contributed by atoms with Crippen molar-refractivity contribution in [2.75, 3.05) is 39.6 Å². The third kappa shape index (κ3) is 15.2. The fraction of sp³-hybridized carbons (Fsp3) is 0.889. The lowest BCUT2D eigenvalue weighted by Crippen LogP contribution is -2.39. The van der Waals surface area contributed by atoms with Crippen molar-refractivity contribution >= 4 is 12.3 Å². The van der Waals surface area contributed by atoms with Crippen molar-refractivity contribution in [2.45, 2.75) is 64.6 Å². The van der Waals surface area contributed by atoms with Crippen molar-refractivity contribution in [3.63, 3.8) is 0 Å². The van der Waals surface area contributed by atoms with Gasteiger partial charge in [0.05, 0.1) is 37.6 Å². The monoisotopic (exact) mass is 394 g/mol. The molecule has 0 radical (unpaired) electrons. The standard InChI is InChI=1S/C18H34O9/c1-17(2,7-13-25-15(21)23-11-5-9-19)27-18(3,4)8-14-26-16(22)24-12-6-10-20/h19-20H,5-14H2,1-4H3. The van der Waals surface area contributed by atoms with Gasteiger partial charge in [-0.15, -0.1) is 0 Å². The SMILES string of the molecule is CC(C)(CCOC(=O)OCCCO)OC(C)(C)CCOC(=O)OCCCO. The Kier molecular flexibility index (Phi) is 12.8. The summed E-state index contributed by atoms with van der Waals surface area (Å²) >= 11 is 0. The highest BCUT2D eigenvalue weighted by Gasteiger charge is 2.29. The minimum Gasteiger partial charge on any atom is -0.434 e. The lowest BCUT2D eigenvalue weighted by molar-refractivity contribution is -0.138. The van der Waals surface area contributed by atoms with Crippen LogP contribution in [-0.2, 0) is 23.7 Å². The van der Waals surface area contributed by atoms with Crippen molar-refractivity contribution in [2.24, 2.45) is 0 Å². The lowest BCUT2D eigenvalue weighted by Gasteiger charge is -2.36. The zero-order valence-electron chi connectivity index (χ0n) is 16.8. The van der Waals surface area contributed by atoms with Gasteiger partial charge in [-0.1, -0.05) is 0 Å². The van der Waals surface area contributed by atoms with Crippen molar-refractivity contribution in [1.29, 1.82) is 0 Å². The van der Waals surface area contributed by atoms with Gasteiger partial charge >= 0.3 is 12.3 Å². The molecule has 0 aliphatic rings. The van der Waals surface area contributed by atoms with E-state index in [0.717, 1.165) is 0 Å². The molecule has 0 heterocycles. The van der Waals surface area contributed by atoms with Gasteiger partial charge in [0, 0.05) is 38.9 Å². The van der Waals surface area contributed by atoms with E-state index < -0.39 is 23.5 Å². The zero-order valence-corrected chi connectivity index (χ0v) is 16.8. The Morgan fingerprint density at radius 3 is 1.33 bits per heavy atom. The summed E-state index contributed by atoms with van der Waals surface area (Å²) in [6.07, 6.45) is 0.105. The molecule has 0 bridgehead atoms. The van der Waals surface area contributed by atoms with Crippen LogP contribution in [0.1, 0.15) is 53.4 Å². The Hall–Kier alpha value is -1.58. The van der Waals surface area contributed by atoms with Gasteiger partial charge in [-0.05, 0) is 27.7 Å². The van der Waals surface area contributed by atoms with E-state index in [1.54, 1.807) is 0 Å². The summed E-state index contributed by atoms with van der Waals surface area (Å²) in [5.41, 5.74) is -1.15. The summed E-state index contributed by atoms with van der Waals surface area (Å²) in [7, 11) is 0. The molecule has 0 aromatic rings. The third-order valence-electron chi connectivity index (χ3n) is 3.45. The second-order valence-electron chi connectivity index (χ2n) is 7.17. The zero-order chi connectivity index (χ0) is 20.8. The summed E-state index contributed by atoms with van der Waals surface area (Å²) in [5.74, 6) is 0. The Labute approximate surface area is 160 Å². The molecule has 0 saturated carbocycles. The number of carbonyl (C=O) groups excluding carboxylic acids is 2. The van der Waals surface area contributed by atoms with E-state index in [-0.39, 0.29) is 39.6 Å². The number of hydrogen-bond acceptors (Lipinski definition) is 9. The number of rotatable bonds is 14. The Bertz CT molecular complexity index is 383. The van der Waals surface area contributed by atoms with Crippen LogP contribution in [-0.4, -0.2) is 73.4 Å². The predicted octanol–water partition coefficient (Wildman–Crippen LogP) is 2.41. The van der Waals surface area contributed by atoms with Crippen molar-refractivity contribution in [3.8, 4) is 0 Å². The fourth-order valence-corrected chi connectivity index (χ4v) is 2.13. The highest BCUT2D eigenvalue weighted by Crippen LogP contribution is 2.26. The smallest absolute Gasteiger partial charge is 0.434 e. The molecular weight excluding hydrogens is 360 g/mol. The van der Waals surface area contributed by atoms with Crippen LogP contribution in [0.15, 0.2) is 0 Å². The van der Waals surface area contributed by atoms with E-state index in [4.69, 9.17) is 33.9 Å². The van der Waals surface area contributed by atoms with Gasteiger partial charge in [0.2, 0.25) is 0 Å². The number of aliphatic hydroxyl groups is 2. The second kappa shape index (κ2) is 13.6. The molecule has 0 unspecified atom stereocenters. The molecule has 0 atom stereocenters. The minimum absolute atomic E-state index is 0.0483. The van der Waals surface area contributed by atoms with Crippen LogP contribution < -0.4 is 0 Å². The summed E-state index contributed by atoms with van der Waals surface area (Å²) < 4.78 is 25.5. The molecule has 0 rings (SSSR count). The molecule has 0 aliphatic heterocycles. The van der Waals surface area contributed by atoms with Crippen molar-refractivity contribution in [3.05, 3.63) is 0 Å². The van der Waals surface area contributed by atoms with Gasteiger partial charge in [-0.3, -0.25) is 0 Å². The predicted molar refractivity (Wildman–Crippen MR) is 96.5 cm³/mol. The Morgan fingerprint density at radius 1 is 0.667 bits per heavy atom. The number of ether oxygens (including phenoxy) is 5. The topological polar surface area (TPSA) is 121 Å². The van der Waals surface area contributed by atoms with Crippen molar-refractivity contribution < 1.29 is 43.5 Å². The van der Waals surface area contributed by atoms with Gasteiger partial charge in [0.15, 0.2) is 0 Å². The molecule has 160 valence electrons. The van der Waals surface area contributed by atoms with E-state index in [2.05, 4.69) is 0 Å². The largest absolute Gasteiger partial charge is 0.508 e. The molecule has 0 amide bonds. The van der Waals surface area contributed by atoms with Gasteiger partial charge in [0.1, 0.15) is 0 Å². The van der Waals surface area contributed by atoms with E-state index in [1.807, 2.05) is 27.7 Å². The van der Waals surface area contributed by atoms with E-state index in [1.165, 1.54) is 0 Å². The average Bonchev–Trinajstić information content (AvgIpc) is 2.54. The van der Waals surface area contributed by atoms with Crippen LogP contribution in [0.2, 0.25) is 0 Å². The maximum Gasteiger partial charge on any atom is 0.508 e. The molecule has 0 fully saturated rings. The van der Waals surface area contributed by atoms with Crippen LogP contribution in [0, 0.1) is 0 Å². The molecule has 9 heteroatoms. The Morgan fingerprint density at radius 2 is 1.00 bits per heavy atom. The lowest BCUT2D eigenvalue weighted by atomic mass is 10.0. The van der Waals surface area contributed by atoms with Crippen LogP contribution >= 0.6 is 0 Å². The van der Waals surface area contributed by atoms with E-state index in [9.17, 15) is 9.59 Å². The van der Waals surface area contributed by atoms with Crippen LogP contribution in [0.25, 0.3) is 0 Å². The molecule has 0 aliphatic carbocycles. The number of carbonyl (C=O) groups is 2. The normalized spacial score (nSPS) is 11.8. The fourth-order valence-electron chi connectivity index (χ4n) is 2.13. The molecule has 0 aromatic heterocycles. The van der Waals surface area contributed by atoms with E-state index in [0.29, 0.717) is 25.7 Å². The maximum atomic E-state index is 11.3. The molecule has 0 spiro atoms. The highest BCUT2D eigenvalue weighted by molar-refractivity contribution is 5.60. The van der Waals surface area contributed by atoms with Gasteiger partial charge in [-0.2, -0.15) is 0 Å². The Balaban J connectivity index is 4.06. The summed E-state index contributed by atoms with van der Waals surface area (Å²) in [5, 5.41) is 17.2. The maximum absolute atomic E-state index is 11.3. The van der Waals surface area contributed by atoms with Gasteiger partial charge in [0.25, 0.3) is 0 Å². The molecule has 0 aromatic carbocycles. The first-order chi connectivity index (χ1) is 12.6. The average molecular weight is 394 g/mol. The third-order valence-corrected chi connectivity index (χ3v) is 3.45.